The predicted octanol–water partition coefficient (Wildman–Crippen LogP) is 2.31. The topological polar surface area (TPSA) is 90.9 Å². The molecule has 0 spiro atoms. The number of primary sulfonamides is 1. The van der Waals surface area contributed by atoms with Gasteiger partial charge in [-0.2, -0.15) is 0 Å². The van der Waals surface area contributed by atoms with E-state index in [1.807, 2.05) is 33.8 Å². The van der Waals surface area contributed by atoms with Gasteiger partial charge in [0.15, 0.2) is 5.82 Å². The van der Waals surface area contributed by atoms with Crippen molar-refractivity contribution in [1.82, 2.24) is 14.8 Å². The summed E-state index contributed by atoms with van der Waals surface area (Å²) < 4.78 is 24.9. The molecule has 1 aromatic heterocycles. The normalized spacial score (nSPS) is 12.7. The Balaban J connectivity index is 2.76. The van der Waals surface area contributed by atoms with Crippen LogP contribution in [0.25, 0.3) is 11.4 Å². The number of halogens is 1. The summed E-state index contributed by atoms with van der Waals surface area (Å²) in [6.07, 6.45) is 0. The largest absolute Gasteiger partial charge is 0.291 e. The molecule has 0 saturated heterocycles. The van der Waals surface area contributed by atoms with Gasteiger partial charge in [-0.1, -0.05) is 11.6 Å². The number of hydrogen-bond acceptors (Lipinski definition) is 4. The minimum absolute atomic E-state index is 0.252. The summed E-state index contributed by atoms with van der Waals surface area (Å²) >= 11 is 6.02. The predicted molar refractivity (Wildman–Crippen MR) is 81.6 cm³/mol. The molecule has 0 amide bonds. The van der Waals surface area contributed by atoms with Crippen molar-refractivity contribution in [3.8, 4) is 11.4 Å². The van der Waals surface area contributed by atoms with E-state index in [9.17, 15) is 8.42 Å². The summed E-state index contributed by atoms with van der Waals surface area (Å²) in [4.78, 5) is 0. The molecule has 0 unspecified atom stereocenters. The molecular formula is C13H17ClN4O2S. The van der Waals surface area contributed by atoms with Gasteiger partial charge in [-0.15, -0.1) is 10.2 Å². The highest BCUT2D eigenvalue weighted by Crippen LogP contribution is 2.29. The zero-order valence-electron chi connectivity index (χ0n) is 12.3. The zero-order chi connectivity index (χ0) is 16.0. The molecule has 0 aliphatic carbocycles. The van der Waals surface area contributed by atoms with Gasteiger partial charge in [0.1, 0.15) is 0 Å². The molecule has 2 N–H and O–H groups in total. The lowest BCUT2D eigenvalue weighted by molar-refractivity contribution is 0.366. The Morgan fingerprint density at radius 1 is 1.24 bits per heavy atom. The van der Waals surface area contributed by atoms with Gasteiger partial charge in [-0.3, -0.25) is 4.57 Å². The number of aryl methyl sites for hydroxylation is 1. The summed E-state index contributed by atoms with van der Waals surface area (Å²) in [6, 6.07) is 5.35. The zero-order valence-corrected chi connectivity index (χ0v) is 13.8. The monoisotopic (exact) mass is 328 g/mol. The molecule has 0 saturated carbocycles. The number of nitrogens with two attached hydrogens (primary N) is 1. The van der Waals surface area contributed by atoms with Crippen LogP contribution in [-0.2, 0) is 15.6 Å². The Labute approximate surface area is 129 Å². The van der Waals surface area contributed by atoms with Gasteiger partial charge in [-0.05, 0) is 51.5 Å². The fourth-order valence-electron chi connectivity index (χ4n) is 2.03. The molecule has 0 bridgehead atoms. The van der Waals surface area contributed by atoms with Crippen molar-refractivity contribution >= 4 is 21.6 Å². The van der Waals surface area contributed by atoms with Crippen LogP contribution < -0.4 is 5.14 Å². The first-order valence-corrected chi connectivity index (χ1v) is 8.19. The van der Waals surface area contributed by atoms with Crippen LogP contribution in [0, 0.1) is 6.92 Å². The van der Waals surface area contributed by atoms with Gasteiger partial charge in [0.25, 0.3) is 15.2 Å². The summed E-state index contributed by atoms with van der Waals surface area (Å²) in [5.74, 6) is 0.436. The Hall–Kier alpha value is -1.44. The Morgan fingerprint density at radius 3 is 2.33 bits per heavy atom. The average Bonchev–Trinajstić information content (AvgIpc) is 2.76. The van der Waals surface area contributed by atoms with Crippen molar-refractivity contribution < 1.29 is 8.42 Å². The number of nitrogens with zero attached hydrogens (tertiary/aromatic N) is 3. The molecule has 2 rings (SSSR count). The molecular weight excluding hydrogens is 312 g/mol. The number of sulfonamides is 1. The van der Waals surface area contributed by atoms with Gasteiger partial charge in [-0.25, -0.2) is 13.6 Å². The fraction of sp³-hybridized carbons (Fsp3) is 0.385. The van der Waals surface area contributed by atoms with Gasteiger partial charge in [0.2, 0.25) is 0 Å². The van der Waals surface area contributed by atoms with E-state index in [0.717, 1.165) is 11.1 Å². The van der Waals surface area contributed by atoms with E-state index in [1.54, 1.807) is 12.1 Å². The molecule has 2 aromatic rings. The Bertz CT molecular complexity index is 791. The molecule has 1 aromatic carbocycles. The van der Waals surface area contributed by atoms with E-state index >= 15 is 0 Å². The van der Waals surface area contributed by atoms with Crippen molar-refractivity contribution in [2.75, 3.05) is 0 Å². The average molecular weight is 329 g/mol. The summed E-state index contributed by atoms with van der Waals surface area (Å²) in [6.45, 7) is 7.44. The number of rotatable bonds is 2. The van der Waals surface area contributed by atoms with E-state index in [4.69, 9.17) is 16.7 Å². The third-order valence-corrected chi connectivity index (χ3v) is 4.17. The van der Waals surface area contributed by atoms with Gasteiger partial charge < -0.3 is 0 Å². The maximum Gasteiger partial charge on any atom is 0.273 e. The van der Waals surface area contributed by atoms with E-state index in [2.05, 4.69) is 10.2 Å². The Morgan fingerprint density at radius 2 is 1.86 bits per heavy atom. The van der Waals surface area contributed by atoms with Gasteiger partial charge in [0.05, 0.1) is 0 Å². The molecule has 0 aliphatic rings. The van der Waals surface area contributed by atoms with Crippen LogP contribution in [0.4, 0.5) is 0 Å². The van der Waals surface area contributed by atoms with Crippen molar-refractivity contribution in [2.24, 2.45) is 5.14 Å². The number of hydrogen-bond donors (Lipinski definition) is 1. The highest BCUT2D eigenvalue weighted by molar-refractivity contribution is 7.89. The first kappa shape index (κ1) is 15.9. The third-order valence-electron chi connectivity index (χ3n) is 2.97. The summed E-state index contributed by atoms with van der Waals surface area (Å²) in [7, 11) is -3.96. The Kier molecular flexibility index (Phi) is 3.86. The van der Waals surface area contributed by atoms with Crippen LogP contribution in [-0.4, -0.2) is 23.2 Å². The minimum atomic E-state index is -3.96. The third kappa shape index (κ3) is 3.09. The summed E-state index contributed by atoms with van der Waals surface area (Å²) in [5.41, 5.74) is 1.05. The highest BCUT2D eigenvalue weighted by atomic mass is 35.5. The number of benzene rings is 1. The molecule has 0 atom stereocenters. The van der Waals surface area contributed by atoms with Crippen LogP contribution in [0.1, 0.15) is 26.3 Å². The van der Waals surface area contributed by atoms with Crippen LogP contribution in [0.5, 0.6) is 0 Å². The van der Waals surface area contributed by atoms with E-state index in [0.29, 0.717) is 10.8 Å². The smallest absolute Gasteiger partial charge is 0.273 e. The minimum Gasteiger partial charge on any atom is -0.291 e. The van der Waals surface area contributed by atoms with Gasteiger partial charge in [0, 0.05) is 16.1 Å². The lowest BCUT2D eigenvalue weighted by Gasteiger charge is -2.24. The maximum atomic E-state index is 11.7. The van der Waals surface area contributed by atoms with Crippen LogP contribution in [0.2, 0.25) is 5.02 Å². The van der Waals surface area contributed by atoms with Crippen molar-refractivity contribution in [2.45, 2.75) is 38.4 Å². The lowest BCUT2D eigenvalue weighted by atomic mass is 10.1. The molecule has 0 radical (unpaired) electrons. The molecule has 1 heterocycles. The van der Waals surface area contributed by atoms with Crippen LogP contribution in [0.15, 0.2) is 23.4 Å². The van der Waals surface area contributed by atoms with Crippen LogP contribution in [0.3, 0.4) is 0 Å². The first-order chi connectivity index (χ1) is 9.51. The second-order valence-corrected chi connectivity index (χ2v) is 7.68. The lowest BCUT2D eigenvalue weighted by Crippen LogP contribution is -2.29. The number of aromatic nitrogens is 3. The molecule has 6 nitrogen and oxygen atoms in total. The fourth-order valence-corrected chi connectivity index (χ4v) is 2.92. The molecule has 8 heteroatoms. The van der Waals surface area contributed by atoms with E-state index in [-0.39, 0.29) is 5.16 Å². The van der Waals surface area contributed by atoms with Gasteiger partial charge >= 0.3 is 0 Å². The van der Waals surface area contributed by atoms with E-state index in [1.165, 1.54) is 4.57 Å². The van der Waals surface area contributed by atoms with Crippen molar-refractivity contribution in [1.29, 1.82) is 0 Å². The second-order valence-electron chi connectivity index (χ2n) is 5.82. The van der Waals surface area contributed by atoms with Crippen molar-refractivity contribution in [3.05, 3.63) is 28.8 Å². The maximum absolute atomic E-state index is 11.7. The highest BCUT2D eigenvalue weighted by Gasteiger charge is 2.29. The van der Waals surface area contributed by atoms with E-state index < -0.39 is 15.6 Å². The second kappa shape index (κ2) is 5.08. The summed E-state index contributed by atoms with van der Waals surface area (Å²) in [5, 5.41) is 13.4. The molecule has 0 aliphatic heterocycles. The molecule has 114 valence electrons. The SMILES string of the molecule is Cc1cc(-c2nnc(S(N)(=O)=O)n2C(C)(C)C)ccc1Cl. The molecule has 21 heavy (non-hydrogen) atoms. The van der Waals surface area contributed by atoms with Crippen LogP contribution >= 0.6 is 11.6 Å². The first-order valence-electron chi connectivity index (χ1n) is 6.27. The molecule has 0 fully saturated rings. The standard InChI is InChI=1S/C13H17ClN4O2S/c1-8-7-9(5-6-10(8)14)11-16-17-12(21(15,19)20)18(11)13(2,3)4/h5-7H,1-4H3,(H2,15,19,20). The van der Waals surface area contributed by atoms with Crippen molar-refractivity contribution in [3.63, 3.8) is 0 Å². The quantitative estimate of drug-likeness (QED) is 0.915.